The molecule has 0 aliphatic rings. The van der Waals surface area contributed by atoms with Crippen molar-refractivity contribution in [2.45, 2.75) is 32.0 Å². The number of ether oxygens (including phenoxy) is 2. The highest BCUT2D eigenvalue weighted by Gasteiger charge is 2.30. The summed E-state index contributed by atoms with van der Waals surface area (Å²) in [6, 6.07) is 20.4. The first-order chi connectivity index (χ1) is 18.8. The molecule has 0 aliphatic carbocycles. The zero-order valence-corrected chi connectivity index (χ0v) is 21.9. The molecule has 9 heteroatoms. The molecule has 3 aromatic carbocycles. The maximum absolute atomic E-state index is 13.4. The van der Waals surface area contributed by atoms with Gasteiger partial charge in [-0.3, -0.25) is 14.4 Å². The van der Waals surface area contributed by atoms with Crippen molar-refractivity contribution in [2.75, 3.05) is 14.2 Å². The van der Waals surface area contributed by atoms with Gasteiger partial charge < -0.3 is 29.6 Å². The summed E-state index contributed by atoms with van der Waals surface area (Å²) in [5.41, 5.74) is 1.46. The van der Waals surface area contributed by atoms with Gasteiger partial charge in [-0.1, -0.05) is 60.7 Å². The van der Waals surface area contributed by atoms with Crippen LogP contribution in [0.25, 0.3) is 11.0 Å². The largest absolute Gasteiger partial charge is 0.493 e. The van der Waals surface area contributed by atoms with Crippen LogP contribution in [-0.2, 0) is 17.8 Å². The van der Waals surface area contributed by atoms with E-state index >= 15 is 0 Å². The van der Waals surface area contributed by atoms with Crippen LogP contribution >= 0.6 is 0 Å². The number of carbonyl (C=O) groups excluding carboxylic acids is 2. The number of aliphatic hydroxyl groups excluding tert-OH is 1. The standard InChI is InChI=1S/C30H30N2O7/c1-18-26(33)21-15-24(37-2)25(38-3)16-23(21)39-28(18)30(36)32-22(14-19-10-6-4-7-11-19)27(34)29(35)31-17-20-12-8-5-9-13-20/h4-13,15-16,22,27,34H,14,17H2,1-3H3,(H,31,35)(H,32,36)/t22-,27?/m0/s1. The maximum Gasteiger partial charge on any atom is 0.287 e. The molecular weight excluding hydrogens is 500 g/mol. The Labute approximate surface area is 225 Å². The summed E-state index contributed by atoms with van der Waals surface area (Å²) < 4.78 is 16.4. The first kappa shape index (κ1) is 27.4. The number of amides is 2. The van der Waals surface area contributed by atoms with Gasteiger partial charge in [0.05, 0.1) is 25.6 Å². The molecule has 4 aromatic rings. The van der Waals surface area contributed by atoms with Gasteiger partial charge in [0.2, 0.25) is 0 Å². The number of nitrogens with one attached hydrogen (secondary N) is 2. The molecule has 0 spiro atoms. The Morgan fingerprint density at radius 1 is 0.923 bits per heavy atom. The van der Waals surface area contributed by atoms with Crippen molar-refractivity contribution in [1.29, 1.82) is 0 Å². The second-order valence-corrected chi connectivity index (χ2v) is 9.01. The quantitative estimate of drug-likeness (QED) is 0.288. The van der Waals surface area contributed by atoms with E-state index in [2.05, 4.69) is 10.6 Å². The number of fused-ring (bicyclic) bond motifs is 1. The van der Waals surface area contributed by atoms with Crippen LogP contribution in [0.3, 0.4) is 0 Å². The second kappa shape index (κ2) is 12.3. The fourth-order valence-electron chi connectivity index (χ4n) is 4.25. The van der Waals surface area contributed by atoms with Crippen molar-refractivity contribution in [1.82, 2.24) is 10.6 Å². The van der Waals surface area contributed by atoms with E-state index in [0.29, 0.717) is 11.5 Å². The number of methoxy groups -OCH3 is 2. The molecular formula is C30H30N2O7. The lowest BCUT2D eigenvalue weighted by atomic mass is 10.00. The molecule has 1 aromatic heterocycles. The third-order valence-electron chi connectivity index (χ3n) is 6.40. The van der Waals surface area contributed by atoms with E-state index in [1.165, 1.54) is 33.3 Å². The average Bonchev–Trinajstić information content (AvgIpc) is 2.97. The van der Waals surface area contributed by atoms with Crippen LogP contribution in [0.15, 0.2) is 82.0 Å². The van der Waals surface area contributed by atoms with Gasteiger partial charge in [0, 0.05) is 18.2 Å². The fourth-order valence-corrected chi connectivity index (χ4v) is 4.25. The van der Waals surface area contributed by atoms with Gasteiger partial charge in [-0.2, -0.15) is 0 Å². The SMILES string of the molecule is COc1cc2oc(C(=O)N[C@@H](Cc3ccccc3)C(O)C(=O)NCc3ccccc3)c(C)c(=O)c2cc1OC. The number of benzene rings is 3. The topological polar surface area (TPSA) is 127 Å². The molecule has 2 atom stereocenters. The third kappa shape index (κ3) is 6.27. The number of rotatable bonds is 10. The van der Waals surface area contributed by atoms with Gasteiger partial charge in [0.1, 0.15) is 5.58 Å². The molecule has 3 N–H and O–H groups in total. The highest BCUT2D eigenvalue weighted by molar-refractivity contribution is 5.96. The number of carbonyl (C=O) groups is 2. The van der Waals surface area contributed by atoms with E-state index in [0.717, 1.165) is 11.1 Å². The van der Waals surface area contributed by atoms with Crippen molar-refractivity contribution in [3.63, 3.8) is 0 Å². The summed E-state index contributed by atoms with van der Waals surface area (Å²) in [4.78, 5) is 39.4. The normalized spacial score (nSPS) is 12.4. The molecule has 9 nitrogen and oxygen atoms in total. The van der Waals surface area contributed by atoms with Crippen LogP contribution in [0.1, 0.15) is 27.2 Å². The summed E-state index contributed by atoms with van der Waals surface area (Å²) in [7, 11) is 2.90. The molecule has 0 aliphatic heterocycles. The van der Waals surface area contributed by atoms with Crippen molar-refractivity contribution >= 4 is 22.8 Å². The highest BCUT2D eigenvalue weighted by Crippen LogP contribution is 2.31. The maximum atomic E-state index is 13.4. The Morgan fingerprint density at radius 3 is 2.13 bits per heavy atom. The van der Waals surface area contributed by atoms with Crippen molar-refractivity contribution in [2.24, 2.45) is 0 Å². The van der Waals surface area contributed by atoms with E-state index in [1.54, 1.807) is 0 Å². The Hall–Kier alpha value is -4.63. The van der Waals surface area contributed by atoms with E-state index in [4.69, 9.17) is 13.9 Å². The van der Waals surface area contributed by atoms with E-state index < -0.39 is 29.4 Å². The molecule has 4 rings (SSSR count). The van der Waals surface area contributed by atoms with Crippen molar-refractivity contribution < 1.29 is 28.6 Å². The zero-order chi connectivity index (χ0) is 27.9. The Morgan fingerprint density at radius 2 is 1.51 bits per heavy atom. The summed E-state index contributed by atoms with van der Waals surface area (Å²) in [6.07, 6.45) is -1.41. The van der Waals surface area contributed by atoms with Gasteiger partial charge in [0.25, 0.3) is 11.8 Å². The number of aliphatic hydroxyl groups is 1. The summed E-state index contributed by atoms with van der Waals surface area (Å²) in [6.45, 7) is 1.69. The lowest BCUT2D eigenvalue weighted by Crippen LogP contribution is -2.51. The zero-order valence-electron chi connectivity index (χ0n) is 21.9. The summed E-state index contributed by atoms with van der Waals surface area (Å²) in [5, 5.41) is 16.6. The predicted molar refractivity (Wildman–Crippen MR) is 146 cm³/mol. The minimum Gasteiger partial charge on any atom is -0.493 e. The summed E-state index contributed by atoms with van der Waals surface area (Å²) in [5.74, 6) is -0.933. The van der Waals surface area contributed by atoms with E-state index in [1.807, 2.05) is 60.7 Å². The molecule has 1 unspecified atom stereocenters. The lowest BCUT2D eigenvalue weighted by molar-refractivity contribution is -0.130. The molecule has 0 saturated heterocycles. The molecule has 202 valence electrons. The van der Waals surface area contributed by atoms with E-state index in [9.17, 15) is 19.5 Å². The van der Waals surface area contributed by atoms with Crippen LogP contribution in [0.4, 0.5) is 0 Å². The third-order valence-corrected chi connectivity index (χ3v) is 6.40. The van der Waals surface area contributed by atoms with Crippen LogP contribution in [-0.4, -0.2) is 43.3 Å². The average molecular weight is 531 g/mol. The molecule has 0 fully saturated rings. The smallest absolute Gasteiger partial charge is 0.287 e. The van der Waals surface area contributed by atoms with Gasteiger partial charge >= 0.3 is 0 Å². The van der Waals surface area contributed by atoms with E-state index in [-0.39, 0.29) is 35.3 Å². The van der Waals surface area contributed by atoms with Crippen molar-refractivity contribution in [3.05, 3.63) is 105 Å². The Balaban J connectivity index is 1.62. The number of hydrogen-bond acceptors (Lipinski definition) is 7. The van der Waals surface area contributed by atoms with Gasteiger partial charge in [-0.25, -0.2) is 0 Å². The highest BCUT2D eigenvalue weighted by atomic mass is 16.5. The number of hydrogen-bond donors (Lipinski definition) is 3. The molecule has 0 saturated carbocycles. The van der Waals surface area contributed by atoms with Crippen LogP contribution in [0.2, 0.25) is 0 Å². The first-order valence-corrected chi connectivity index (χ1v) is 12.4. The lowest BCUT2D eigenvalue weighted by Gasteiger charge is -2.24. The fraction of sp³-hybridized carbons (Fsp3) is 0.233. The van der Waals surface area contributed by atoms with Crippen LogP contribution in [0, 0.1) is 6.92 Å². The minimum atomic E-state index is -1.57. The molecule has 39 heavy (non-hydrogen) atoms. The molecule has 1 heterocycles. The van der Waals surface area contributed by atoms with Crippen LogP contribution in [0.5, 0.6) is 11.5 Å². The van der Waals surface area contributed by atoms with Gasteiger partial charge in [-0.05, 0) is 30.5 Å². The monoisotopic (exact) mass is 530 g/mol. The Kier molecular flexibility index (Phi) is 8.63. The van der Waals surface area contributed by atoms with Crippen molar-refractivity contribution in [3.8, 4) is 11.5 Å². The molecule has 0 radical (unpaired) electrons. The minimum absolute atomic E-state index is 0.0775. The summed E-state index contributed by atoms with van der Waals surface area (Å²) >= 11 is 0. The molecule has 2 amide bonds. The molecule has 0 bridgehead atoms. The first-order valence-electron chi connectivity index (χ1n) is 12.4. The van der Waals surface area contributed by atoms with Gasteiger partial charge in [-0.15, -0.1) is 0 Å². The van der Waals surface area contributed by atoms with Gasteiger partial charge in [0.15, 0.2) is 28.8 Å². The second-order valence-electron chi connectivity index (χ2n) is 9.01. The van der Waals surface area contributed by atoms with Crippen LogP contribution < -0.4 is 25.5 Å². The Bertz CT molecular complexity index is 1520. The predicted octanol–water partition coefficient (Wildman–Crippen LogP) is 3.14.